The number of nitrogens with zero attached hydrogens (tertiary/aromatic N) is 1. The third-order valence-electron chi connectivity index (χ3n) is 4.12. The summed E-state index contributed by atoms with van der Waals surface area (Å²) in [6.45, 7) is 3.63. The minimum absolute atomic E-state index is 0.776. The van der Waals surface area contributed by atoms with Crippen molar-refractivity contribution in [3.05, 3.63) is 35.9 Å². The average Bonchev–Trinajstić information content (AvgIpc) is 3.21. The Kier molecular flexibility index (Phi) is 3.96. The summed E-state index contributed by atoms with van der Waals surface area (Å²) in [6, 6.07) is 12.5. The van der Waals surface area contributed by atoms with Crippen LogP contribution < -0.4 is 5.32 Å². The Morgan fingerprint density at radius 3 is 2.50 bits per heavy atom. The SMILES string of the molecule is c1ccc(CN2CCCC(NC3CC3)CC2)cc1. The normalized spacial score (nSPS) is 25.9. The van der Waals surface area contributed by atoms with Gasteiger partial charge in [0, 0.05) is 18.6 Å². The topological polar surface area (TPSA) is 15.3 Å². The molecule has 0 amide bonds. The van der Waals surface area contributed by atoms with E-state index in [1.54, 1.807) is 0 Å². The summed E-state index contributed by atoms with van der Waals surface area (Å²) in [6.07, 6.45) is 6.84. The maximum absolute atomic E-state index is 3.79. The summed E-state index contributed by atoms with van der Waals surface area (Å²) in [4.78, 5) is 2.61. The monoisotopic (exact) mass is 244 g/mol. The standard InChI is InChI=1S/C16H24N2/c1-2-5-14(6-3-1)13-18-11-4-7-15(10-12-18)17-16-8-9-16/h1-3,5-6,15-17H,4,7-13H2. The summed E-state index contributed by atoms with van der Waals surface area (Å²) >= 11 is 0. The number of hydrogen-bond donors (Lipinski definition) is 1. The lowest BCUT2D eigenvalue weighted by atomic mass is 10.1. The van der Waals surface area contributed by atoms with E-state index < -0.39 is 0 Å². The molecular weight excluding hydrogens is 220 g/mol. The van der Waals surface area contributed by atoms with Crippen LogP contribution in [-0.4, -0.2) is 30.1 Å². The molecule has 98 valence electrons. The van der Waals surface area contributed by atoms with Gasteiger partial charge in [-0.25, -0.2) is 0 Å². The van der Waals surface area contributed by atoms with E-state index >= 15 is 0 Å². The average molecular weight is 244 g/mol. The predicted molar refractivity (Wildman–Crippen MR) is 75.5 cm³/mol. The van der Waals surface area contributed by atoms with Crippen molar-refractivity contribution in [1.29, 1.82) is 0 Å². The van der Waals surface area contributed by atoms with Gasteiger partial charge in [0.25, 0.3) is 0 Å². The number of nitrogens with one attached hydrogen (secondary N) is 1. The summed E-state index contributed by atoms with van der Waals surface area (Å²) in [5, 5.41) is 3.79. The van der Waals surface area contributed by atoms with Crippen LogP contribution in [0.3, 0.4) is 0 Å². The second-order valence-corrected chi connectivity index (χ2v) is 5.83. The molecule has 0 aromatic heterocycles. The van der Waals surface area contributed by atoms with Crippen molar-refractivity contribution >= 4 is 0 Å². The lowest BCUT2D eigenvalue weighted by molar-refractivity contribution is 0.274. The van der Waals surface area contributed by atoms with Gasteiger partial charge in [-0.05, 0) is 50.8 Å². The molecule has 18 heavy (non-hydrogen) atoms. The van der Waals surface area contributed by atoms with Gasteiger partial charge in [-0.1, -0.05) is 30.3 Å². The molecule has 2 heteroatoms. The molecule has 1 N–H and O–H groups in total. The van der Waals surface area contributed by atoms with Crippen LogP contribution in [0.1, 0.15) is 37.7 Å². The van der Waals surface area contributed by atoms with Gasteiger partial charge < -0.3 is 5.32 Å². The van der Waals surface area contributed by atoms with Gasteiger partial charge in [-0.2, -0.15) is 0 Å². The molecule has 1 unspecified atom stereocenters. The molecule has 1 aliphatic carbocycles. The first-order valence-corrected chi connectivity index (χ1v) is 7.42. The lowest BCUT2D eigenvalue weighted by Gasteiger charge is -2.20. The molecule has 2 fully saturated rings. The van der Waals surface area contributed by atoms with Crippen molar-refractivity contribution in [3.8, 4) is 0 Å². The molecule has 1 saturated heterocycles. The third kappa shape index (κ3) is 3.56. The predicted octanol–water partition coefficient (Wildman–Crippen LogP) is 2.79. The number of likely N-dealkylation sites (tertiary alicyclic amines) is 1. The highest BCUT2D eigenvalue weighted by molar-refractivity contribution is 5.14. The molecule has 1 aliphatic heterocycles. The molecular formula is C16H24N2. The molecule has 2 nitrogen and oxygen atoms in total. The summed E-state index contributed by atoms with van der Waals surface area (Å²) in [5.74, 6) is 0. The Labute approximate surface area is 110 Å². The first kappa shape index (κ1) is 12.2. The van der Waals surface area contributed by atoms with Gasteiger partial charge in [0.05, 0.1) is 0 Å². The zero-order valence-electron chi connectivity index (χ0n) is 11.1. The minimum Gasteiger partial charge on any atom is -0.311 e. The van der Waals surface area contributed by atoms with E-state index in [-0.39, 0.29) is 0 Å². The van der Waals surface area contributed by atoms with Crippen LogP contribution in [0.5, 0.6) is 0 Å². The Morgan fingerprint density at radius 2 is 1.72 bits per heavy atom. The maximum atomic E-state index is 3.79. The van der Waals surface area contributed by atoms with E-state index in [0.29, 0.717) is 0 Å². The first-order chi connectivity index (χ1) is 8.90. The molecule has 1 aromatic rings. The second kappa shape index (κ2) is 5.85. The van der Waals surface area contributed by atoms with Gasteiger partial charge in [-0.15, -0.1) is 0 Å². The second-order valence-electron chi connectivity index (χ2n) is 5.83. The van der Waals surface area contributed by atoms with E-state index in [1.807, 2.05) is 0 Å². The van der Waals surface area contributed by atoms with Crippen molar-refractivity contribution in [2.45, 2.75) is 50.7 Å². The molecule has 0 bridgehead atoms. The fraction of sp³-hybridized carbons (Fsp3) is 0.625. The highest BCUT2D eigenvalue weighted by Gasteiger charge is 2.25. The molecule has 0 radical (unpaired) electrons. The largest absolute Gasteiger partial charge is 0.311 e. The summed E-state index contributed by atoms with van der Waals surface area (Å²) in [5.41, 5.74) is 1.45. The van der Waals surface area contributed by atoms with Crippen molar-refractivity contribution in [2.75, 3.05) is 13.1 Å². The molecule has 0 spiro atoms. The van der Waals surface area contributed by atoms with Crippen LogP contribution >= 0.6 is 0 Å². The van der Waals surface area contributed by atoms with Gasteiger partial charge in [-0.3, -0.25) is 4.90 Å². The quantitative estimate of drug-likeness (QED) is 0.876. The van der Waals surface area contributed by atoms with E-state index in [2.05, 4.69) is 40.5 Å². The third-order valence-corrected chi connectivity index (χ3v) is 4.12. The first-order valence-electron chi connectivity index (χ1n) is 7.42. The maximum Gasteiger partial charge on any atom is 0.0233 e. The highest BCUT2D eigenvalue weighted by atomic mass is 15.1. The van der Waals surface area contributed by atoms with Crippen molar-refractivity contribution < 1.29 is 0 Å². The Bertz CT molecular complexity index is 359. The lowest BCUT2D eigenvalue weighted by Crippen LogP contribution is -2.32. The Balaban J connectivity index is 1.49. The fourth-order valence-electron chi connectivity index (χ4n) is 2.91. The van der Waals surface area contributed by atoms with E-state index in [9.17, 15) is 0 Å². The number of rotatable bonds is 4. The van der Waals surface area contributed by atoms with E-state index in [4.69, 9.17) is 0 Å². The summed E-state index contributed by atoms with van der Waals surface area (Å²) in [7, 11) is 0. The fourth-order valence-corrected chi connectivity index (χ4v) is 2.91. The molecule has 1 atom stereocenters. The van der Waals surface area contributed by atoms with Crippen LogP contribution in [0.4, 0.5) is 0 Å². The van der Waals surface area contributed by atoms with Crippen LogP contribution in [-0.2, 0) is 6.54 Å². The zero-order valence-corrected chi connectivity index (χ0v) is 11.1. The van der Waals surface area contributed by atoms with Crippen LogP contribution in [0.25, 0.3) is 0 Å². The highest BCUT2D eigenvalue weighted by Crippen LogP contribution is 2.22. The Morgan fingerprint density at radius 1 is 0.944 bits per heavy atom. The van der Waals surface area contributed by atoms with Gasteiger partial charge >= 0.3 is 0 Å². The molecule has 1 saturated carbocycles. The van der Waals surface area contributed by atoms with Gasteiger partial charge in [0.2, 0.25) is 0 Å². The van der Waals surface area contributed by atoms with Gasteiger partial charge in [0.15, 0.2) is 0 Å². The van der Waals surface area contributed by atoms with Crippen molar-refractivity contribution in [1.82, 2.24) is 10.2 Å². The Hall–Kier alpha value is -0.860. The molecule has 2 aliphatic rings. The number of benzene rings is 1. The zero-order chi connectivity index (χ0) is 12.2. The van der Waals surface area contributed by atoms with Crippen molar-refractivity contribution in [2.24, 2.45) is 0 Å². The van der Waals surface area contributed by atoms with E-state index in [0.717, 1.165) is 18.6 Å². The molecule has 1 aromatic carbocycles. The van der Waals surface area contributed by atoms with Crippen LogP contribution in [0, 0.1) is 0 Å². The summed E-state index contributed by atoms with van der Waals surface area (Å²) < 4.78 is 0. The van der Waals surface area contributed by atoms with Gasteiger partial charge in [0.1, 0.15) is 0 Å². The molecule has 3 rings (SSSR count). The van der Waals surface area contributed by atoms with Crippen LogP contribution in [0.2, 0.25) is 0 Å². The van der Waals surface area contributed by atoms with E-state index in [1.165, 1.54) is 50.8 Å². The van der Waals surface area contributed by atoms with Crippen molar-refractivity contribution in [3.63, 3.8) is 0 Å². The van der Waals surface area contributed by atoms with Crippen LogP contribution in [0.15, 0.2) is 30.3 Å². The smallest absolute Gasteiger partial charge is 0.0233 e. The number of hydrogen-bond acceptors (Lipinski definition) is 2. The molecule has 1 heterocycles. The minimum atomic E-state index is 0.776.